The van der Waals surface area contributed by atoms with Crippen LogP contribution < -0.4 is 10.2 Å². The zero-order valence-corrected chi connectivity index (χ0v) is 18.4. The van der Waals surface area contributed by atoms with Gasteiger partial charge < -0.3 is 10.2 Å². The van der Waals surface area contributed by atoms with Crippen LogP contribution in [0.2, 0.25) is 0 Å². The van der Waals surface area contributed by atoms with E-state index in [4.69, 9.17) is 12.2 Å². The molecular weight excluding hydrogens is 418 g/mol. The van der Waals surface area contributed by atoms with Crippen molar-refractivity contribution in [2.45, 2.75) is 38.8 Å². The van der Waals surface area contributed by atoms with Gasteiger partial charge in [0.05, 0.1) is 10.9 Å². The van der Waals surface area contributed by atoms with Gasteiger partial charge in [-0.15, -0.1) is 11.3 Å². The zero-order chi connectivity index (χ0) is 21.3. The Morgan fingerprint density at radius 2 is 2.13 bits per heavy atom. The topological polar surface area (TPSA) is 83.0 Å². The summed E-state index contributed by atoms with van der Waals surface area (Å²) < 4.78 is 2.14. The molecule has 7 nitrogen and oxygen atoms in total. The summed E-state index contributed by atoms with van der Waals surface area (Å²) in [6, 6.07) is 10.9. The molecule has 9 heteroatoms. The summed E-state index contributed by atoms with van der Waals surface area (Å²) in [5.74, 6) is 0.646. The Hall–Kier alpha value is -2.78. The quantitative estimate of drug-likeness (QED) is 0.561. The Morgan fingerprint density at radius 3 is 2.83 bits per heavy atom. The average Bonchev–Trinajstić information content (AvgIpc) is 3.48. The number of anilines is 1. The number of carbonyl (C=O) groups is 2. The second kappa shape index (κ2) is 8.53. The summed E-state index contributed by atoms with van der Waals surface area (Å²) in [4.78, 5) is 27.8. The number of H-pyrrole nitrogens is 1. The van der Waals surface area contributed by atoms with Crippen LogP contribution in [0.5, 0.6) is 0 Å². The first-order valence-electron chi connectivity index (χ1n) is 9.87. The maximum Gasteiger partial charge on any atom is 0.243 e. The van der Waals surface area contributed by atoms with E-state index in [9.17, 15) is 9.59 Å². The number of carbonyl (C=O) groups excluding carboxylic acids is 2. The van der Waals surface area contributed by atoms with Crippen molar-refractivity contribution in [3.63, 3.8) is 0 Å². The smallest absolute Gasteiger partial charge is 0.243 e. The number of rotatable bonds is 6. The summed E-state index contributed by atoms with van der Waals surface area (Å²) >= 11 is 6.91. The van der Waals surface area contributed by atoms with Gasteiger partial charge in [-0.05, 0) is 61.6 Å². The molecule has 1 aliphatic heterocycles. The fourth-order valence-corrected chi connectivity index (χ4v) is 4.66. The Morgan fingerprint density at radius 1 is 1.30 bits per heavy atom. The minimum absolute atomic E-state index is 0.146. The zero-order valence-electron chi connectivity index (χ0n) is 16.8. The van der Waals surface area contributed by atoms with Gasteiger partial charge in [-0.2, -0.15) is 5.10 Å². The van der Waals surface area contributed by atoms with Gasteiger partial charge >= 0.3 is 0 Å². The van der Waals surface area contributed by atoms with E-state index in [0.29, 0.717) is 17.0 Å². The van der Waals surface area contributed by atoms with Gasteiger partial charge in [0.25, 0.3) is 0 Å². The highest BCUT2D eigenvalue weighted by Crippen LogP contribution is 2.27. The molecular formula is C21H23N5O2S2. The van der Waals surface area contributed by atoms with Crippen molar-refractivity contribution in [1.29, 1.82) is 0 Å². The summed E-state index contributed by atoms with van der Waals surface area (Å²) in [5.41, 5.74) is 1.82. The van der Waals surface area contributed by atoms with E-state index in [1.165, 1.54) is 0 Å². The molecule has 0 bridgehead atoms. The van der Waals surface area contributed by atoms with E-state index in [1.807, 2.05) is 55.6 Å². The van der Waals surface area contributed by atoms with Crippen molar-refractivity contribution < 1.29 is 9.59 Å². The van der Waals surface area contributed by atoms with Gasteiger partial charge in [-0.3, -0.25) is 19.3 Å². The van der Waals surface area contributed by atoms with Gasteiger partial charge in [0.15, 0.2) is 10.6 Å². The third kappa shape index (κ3) is 3.95. The van der Waals surface area contributed by atoms with Crippen LogP contribution in [0.15, 0.2) is 41.8 Å². The molecule has 2 atom stereocenters. The van der Waals surface area contributed by atoms with Crippen LogP contribution in [-0.4, -0.2) is 33.1 Å². The van der Waals surface area contributed by atoms with Crippen molar-refractivity contribution in [2.24, 2.45) is 0 Å². The maximum atomic E-state index is 13.0. The highest BCUT2D eigenvalue weighted by molar-refractivity contribution is 7.71. The van der Waals surface area contributed by atoms with Crippen LogP contribution in [0.4, 0.5) is 5.69 Å². The molecule has 2 unspecified atom stereocenters. The summed E-state index contributed by atoms with van der Waals surface area (Å²) in [7, 11) is 0. The molecule has 2 aromatic heterocycles. The Balaban J connectivity index is 1.51. The van der Waals surface area contributed by atoms with Gasteiger partial charge in [-0.25, -0.2) is 0 Å². The summed E-state index contributed by atoms with van der Waals surface area (Å²) in [6.07, 6.45) is 1.47. The Bertz CT molecular complexity index is 1120. The second-order valence-electron chi connectivity index (χ2n) is 7.35. The van der Waals surface area contributed by atoms with Crippen LogP contribution in [0.3, 0.4) is 0 Å². The van der Waals surface area contributed by atoms with Gasteiger partial charge in [0, 0.05) is 18.7 Å². The molecule has 1 aromatic carbocycles. The number of hydrogen-bond acceptors (Lipinski definition) is 5. The van der Waals surface area contributed by atoms with Crippen LogP contribution in [0.1, 0.15) is 44.3 Å². The first-order chi connectivity index (χ1) is 14.5. The SMILES string of the molecule is CC(NC(=O)C(C)n1c(-c2cccs2)n[nH]c1=S)c1cccc(N2CCCC2=O)c1. The lowest BCUT2D eigenvalue weighted by Crippen LogP contribution is -2.33. The normalized spacial score (nSPS) is 15.9. The largest absolute Gasteiger partial charge is 0.348 e. The average molecular weight is 442 g/mol. The fraction of sp³-hybridized carbons (Fsp3) is 0.333. The Kier molecular flexibility index (Phi) is 5.83. The van der Waals surface area contributed by atoms with Gasteiger partial charge in [0.1, 0.15) is 6.04 Å². The fourth-order valence-electron chi connectivity index (χ4n) is 3.66. The molecule has 0 radical (unpaired) electrons. The predicted molar refractivity (Wildman–Crippen MR) is 120 cm³/mol. The van der Waals surface area contributed by atoms with E-state index >= 15 is 0 Å². The first-order valence-corrected chi connectivity index (χ1v) is 11.2. The molecule has 0 saturated carbocycles. The number of aromatic amines is 1. The van der Waals surface area contributed by atoms with Crippen molar-refractivity contribution in [3.05, 3.63) is 52.1 Å². The number of hydrogen-bond donors (Lipinski definition) is 2. The third-order valence-electron chi connectivity index (χ3n) is 5.33. The first kappa shape index (κ1) is 20.5. The van der Waals surface area contributed by atoms with E-state index in [2.05, 4.69) is 15.5 Å². The minimum atomic E-state index is -0.529. The van der Waals surface area contributed by atoms with E-state index in [0.717, 1.165) is 29.1 Å². The van der Waals surface area contributed by atoms with Crippen LogP contribution in [0.25, 0.3) is 10.7 Å². The molecule has 2 amide bonds. The predicted octanol–water partition coefficient (Wildman–Crippen LogP) is 4.23. The molecule has 0 spiro atoms. The number of amides is 2. The van der Waals surface area contributed by atoms with Crippen molar-refractivity contribution in [1.82, 2.24) is 20.1 Å². The van der Waals surface area contributed by atoms with Gasteiger partial charge in [-0.1, -0.05) is 18.2 Å². The molecule has 1 fully saturated rings. The van der Waals surface area contributed by atoms with Crippen molar-refractivity contribution in [2.75, 3.05) is 11.4 Å². The summed E-state index contributed by atoms with van der Waals surface area (Å²) in [6.45, 7) is 4.48. The molecule has 2 N–H and O–H groups in total. The molecule has 3 aromatic rings. The monoisotopic (exact) mass is 441 g/mol. The van der Waals surface area contributed by atoms with Crippen molar-refractivity contribution in [3.8, 4) is 10.7 Å². The van der Waals surface area contributed by atoms with E-state index in [1.54, 1.807) is 20.8 Å². The van der Waals surface area contributed by atoms with Crippen molar-refractivity contribution >= 4 is 41.1 Å². The number of nitrogens with zero attached hydrogens (tertiary/aromatic N) is 3. The van der Waals surface area contributed by atoms with Crippen LogP contribution >= 0.6 is 23.6 Å². The highest BCUT2D eigenvalue weighted by Gasteiger charge is 2.24. The van der Waals surface area contributed by atoms with E-state index < -0.39 is 6.04 Å². The van der Waals surface area contributed by atoms with E-state index in [-0.39, 0.29) is 17.9 Å². The molecule has 30 heavy (non-hydrogen) atoms. The molecule has 4 rings (SSSR count). The highest BCUT2D eigenvalue weighted by atomic mass is 32.1. The lowest BCUT2D eigenvalue weighted by Gasteiger charge is -2.21. The number of nitrogens with one attached hydrogen (secondary N) is 2. The maximum absolute atomic E-state index is 13.0. The minimum Gasteiger partial charge on any atom is -0.348 e. The number of benzene rings is 1. The third-order valence-corrected chi connectivity index (χ3v) is 6.48. The number of aromatic nitrogens is 3. The number of thiophene rings is 1. The van der Waals surface area contributed by atoms with Crippen LogP contribution in [-0.2, 0) is 9.59 Å². The standard InChI is InChI=1S/C21H23N5O2S2/c1-13(15-6-3-7-16(12-15)25-10-4-9-18(25)27)22-20(28)14(2)26-19(23-24-21(26)29)17-8-5-11-30-17/h3,5-8,11-14H,4,9-10H2,1-2H3,(H,22,28)(H,24,29). The molecule has 156 valence electrons. The molecule has 1 saturated heterocycles. The second-order valence-corrected chi connectivity index (χ2v) is 8.68. The van der Waals surface area contributed by atoms with Gasteiger partial charge in [0.2, 0.25) is 11.8 Å². The molecule has 3 heterocycles. The lowest BCUT2D eigenvalue weighted by atomic mass is 10.1. The molecule has 0 aliphatic carbocycles. The van der Waals surface area contributed by atoms with Crippen LogP contribution in [0, 0.1) is 4.77 Å². The Labute approximate surface area is 183 Å². The molecule has 1 aliphatic rings. The lowest BCUT2D eigenvalue weighted by molar-refractivity contribution is -0.124. The summed E-state index contributed by atoms with van der Waals surface area (Å²) in [5, 5.41) is 12.1.